The molecule has 6 rings (SSSR count). The second-order valence-corrected chi connectivity index (χ2v) is 7.01. The van der Waals surface area contributed by atoms with Crippen LogP contribution in [0.1, 0.15) is 11.5 Å². The van der Waals surface area contributed by atoms with Gasteiger partial charge in [-0.3, -0.25) is 4.98 Å². The molecule has 156 valence electrons. The lowest BCUT2D eigenvalue weighted by atomic mass is 10.1. The second kappa shape index (κ2) is 6.94. The average molecular weight is 427 g/mol. The largest absolute Gasteiger partial charge is 0.443 e. The first-order valence-electron chi connectivity index (χ1n) is 9.65. The lowest BCUT2D eigenvalue weighted by molar-refractivity contribution is 0.572. The fourth-order valence-corrected chi connectivity index (χ4v) is 3.60. The van der Waals surface area contributed by atoms with Crippen LogP contribution in [0.3, 0.4) is 0 Å². The SMILES string of the molecule is Nc1nc(-c2ncco2)c(-c2ccc3nccn3c2)c2nc(Cc3ncccc3F)nn12. The van der Waals surface area contributed by atoms with Crippen molar-refractivity contribution in [3.8, 4) is 22.7 Å². The first-order valence-corrected chi connectivity index (χ1v) is 9.65. The number of imidazole rings is 1. The normalized spacial score (nSPS) is 11.5. The van der Waals surface area contributed by atoms with Gasteiger partial charge in [0.1, 0.15) is 23.4 Å². The van der Waals surface area contributed by atoms with Gasteiger partial charge in [-0.2, -0.15) is 4.52 Å². The molecular weight excluding hydrogens is 413 g/mol. The fourth-order valence-electron chi connectivity index (χ4n) is 3.60. The number of hydrogen-bond donors (Lipinski definition) is 1. The number of nitrogens with zero attached hydrogens (tertiary/aromatic N) is 8. The van der Waals surface area contributed by atoms with E-state index in [-0.39, 0.29) is 18.1 Å². The molecule has 0 atom stereocenters. The molecule has 0 spiro atoms. The summed E-state index contributed by atoms with van der Waals surface area (Å²) in [6, 6.07) is 6.65. The van der Waals surface area contributed by atoms with E-state index in [1.54, 1.807) is 6.20 Å². The van der Waals surface area contributed by atoms with E-state index in [0.717, 1.165) is 11.2 Å². The number of aromatic nitrogens is 8. The molecular formula is C21H14FN9O. The van der Waals surface area contributed by atoms with E-state index in [4.69, 9.17) is 10.2 Å². The molecule has 0 aliphatic carbocycles. The summed E-state index contributed by atoms with van der Waals surface area (Å²) < 4.78 is 22.9. The quantitative estimate of drug-likeness (QED) is 0.455. The predicted octanol–water partition coefficient (Wildman–Crippen LogP) is 2.80. The Morgan fingerprint density at radius 3 is 2.81 bits per heavy atom. The number of oxazole rings is 1. The molecule has 0 unspecified atom stereocenters. The molecule has 2 N–H and O–H groups in total. The first kappa shape index (κ1) is 18.1. The number of halogens is 1. The summed E-state index contributed by atoms with van der Waals surface area (Å²) >= 11 is 0. The molecule has 0 aliphatic heterocycles. The smallest absolute Gasteiger partial charge is 0.245 e. The van der Waals surface area contributed by atoms with Crippen LogP contribution >= 0.6 is 0 Å². The van der Waals surface area contributed by atoms with Crippen molar-refractivity contribution in [3.63, 3.8) is 0 Å². The number of nitrogens with two attached hydrogens (primary N) is 1. The molecule has 0 aromatic carbocycles. The Kier molecular flexibility index (Phi) is 3.93. The topological polar surface area (TPSA) is 125 Å². The van der Waals surface area contributed by atoms with Gasteiger partial charge in [0.25, 0.3) is 0 Å². The van der Waals surface area contributed by atoms with Gasteiger partial charge in [-0.25, -0.2) is 24.3 Å². The van der Waals surface area contributed by atoms with Gasteiger partial charge in [-0.05, 0) is 24.3 Å². The average Bonchev–Trinajstić information content (AvgIpc) is 3.55. The van der Waals surface area contributed by atoms with Crippen molar-refractivity contribution in [1.82, 2.24) is 38.9 Å². The summed E-state index contributed by atoms with van der Waals surface area (Å²) in [5.74, 6) is 0.315. The van der Waals surface area contributed by atoms with Gasteiger partial charge in [0, 0.05) is 30.4 Å². The molecule has 32 heavy (non-hydrogen) atoms. The maximum Gasteiger partial charge on any atom is 0.245 e. The number of fused-ring (bicyclic) bond motifs is 2. The van der Waals surface area contributed by atoms with Crippen LogP contribution in [0, 0.1) is 5.82 Å². The minimum atomic E-state index is -0.427. The third-order valence-electron chi connectivity index (χ3n) is 5.03. The van der Waals surface area contributed by atoms with E-state index >= 15 is 0 Å². The van der Waals surface area contributed by atoms with Gasteiger partial charge in [0.05, 0.1) is 23.9 Å². The highest BCUT2D eigenvalue weighted by molar-refractivity contribution is 5.88. The number of anilines is 1. The molecule has 0 amide bonds. The lowest BCUT2D eigenvalue weighted by Crippen LogP contribution is -2.06. The van der Waals surface area contributed by atoms with Gasteiger partial charge in [0.15, 0.2) is 11.5 Å². The number of rotatable bonds is 4. The monoisotopic (exact) mass is 427 g/mol. The van der Waals surface area contributed by atoms with Crippen molar-refractivity contribution in [3.05, 3.63) is 78.8 Å². The zero-order chi connectivity index (χ0) is 21.7. The van der Waals surface area contributed by atoms with Crippen LogP contribution in [0.4, 0.5) is 10.3 Å². The van der Waals surface area contributed by atoms with E-state index in [1.807, 2.05) is 28.9 Å². The fraction of sp³-hybridized carbons (Fsp3) is 0.0476. The molecule has 6 heterocycles. The molecule has 0 bridgehead atoms. The summed E-state index contributed by atoms with van der Waals surface area (Å²) in [5, 5.41) is 4.45. The molecule has 10 nitrogen and oxygen atoms in total. The summed E-state index contributed by atoms with van der Waals surface area (Å²) in [7, 11) is 0. The van der Waals surface area contributed by atoms with Crippen LogP contribution in [0.2, 0.25) is 0 Å². The van der Waals surface area contributed by atoms with E-state index in [1.165, 1.54) is 35.3 Å². The Morgan fingerprint density at radius 2 is 1.97 bits per heavy atom. The van der Waals surface area contributed by atoms with E-state index in [0.29, 0.717) is 28.6 Å². The standard InChI is InChI=1S/C21H14FN9O/c22-13-2-1-5-24-14(13)10-15-27-19-17(12-3-4-16-25-6-8-30(16)11-12)18(20-26-7-9-32-20)28-21(23)31(19)29-15/h1-9,11H,10H2,(H2,23,28). The highest BCUT2D eigenvalue weighted by atomic mass is 19.1. The first-order chi connectivity index (χ1) is 15.7. The van der Waals surface area contributed by atoms with Crippen molar-refractivity contribution in [2.45, 2.75) is 6.42 Å². The molecule has 0 fully saturated rings. The van der Waals surface area contributed by atoms with Crippen molar-refractivity contribution in [2.24, 2.45) is 0 Å². The van der Waals surface area contributed by atoms with Crippen molar-refractivity contribution >= 4 is 17.2 Å². The number of hydrogen-bond acceptors (Lipinski definition) is 8. The van der Waals surface area contributed by atoms with Gasteiger partial charge >= 0.3 is 0 Å². The minimum Gasteiger partial charge on any atom is -0.443 e. The van der Waals surface area contributed by atoms with Crippen LogP contribution < -0.4 is 5.73 Å². The summed E-state index contributed by atoms with van der Waals surface area (Å²) in [4.78, 5) is 21.8. The van der Waals surface area contributed by atoms with Gasteiger partial charge in [-0.1, -0.05) is 0 Å². The Bertz CT molecular complexity index is 1590. The third-order valence-corrected chi connectivity index (χ3v) is 5.03. The number of pyridine rings is 2. The summed E-state index contributed by atoms with van der Waals surface area (Å²) in [6.07, 6.45) is 10.1. The highest BCUT2D eigenvalue weighted by Gasteiger charge is 2.23. The zero-order valence-corrected chi connectivity index (χ0v) is 16.4. The molecule has 0 radical (unpaired) electrons. The van der Waals surface area contributed by atoms with Crippen molar-refractivity contribution in [2.75, 3.05) is 5.73 Å². The van der Waals surface area contributed by atoms with Crippen LogP contribution in [-0.2, 0) is 6.42 Å². The van der Waals surface area contributed by atoms with Crippen LogP contribution in [0.5, 0.6) is 0 Å². The Labute approximate surface area is 179 Å². The summed E-state index contributed by atoms with van der Waals surface area (Å²) in [5.41, 5.74) is 9.49. The van der Waals surface area contributed by atoms with Crippen LogP contribution in [-0.4, -0.2) is 38.9 Å². The van der Waals surface area contributed by atoms with E-state index in [2.05, 4.69) is 30.0 Å². The van der Waals surface area contributed by atoms with Gasteiger partial charge < -0.3 is 14.6 Å². The zero-order valence-electron chi connectivity index (χ0n) is 16.4. The maximum absolute atomic E-state index is 14.1. The maximum atomic E-state index is 14.1. The Hall–Kier alpha value is -4.67. The van der Waals surface area contributed by atoms with Crippen LogP contribution in [0.15, 0.2) is 65.9 Å². The van der Waals surface area contributed by atoms with Crippen LogP contribution in [0.25, 0.3) is 34.0 Å². The third kappa shape index (κ3) is 2.87. The minimum absolute atomic E-state index is 0.0981. The Balaban J connectivity index is 1.60. The lowest BCUT2D eigenvalue weighted by Gasteiger charge is -2.10. The van der Waals surface area contributed by atoms with Crippen molar-refractivity contribution < 1.29 is 8.81 Å². The number of nitrogen functional groups attached to an aromatic ring is 1. The second-order valence-electron chi connectivity index (χ2n) is 7.01. The molecule has 6 aromatic heterocycles. The Morgan fingerprint density at radius 1 is 1.03 bits per heavy atom. The highest BCUT2D eigenvalue weighted by Crippen LogP contribution is 2.34. The van der Waals surface area contributed by atoms with Gasteiger partial charge in [-0.15, -0.1) is 5.10 Å². The van der Waals surface area contributed by atoms with E-state index in [9.17, 15) is 4.39 Å². The van der Waals surface area contributed by atoms with Gasteiger partial charge in [0.2, 0.25) is 11.8 Å². The molecule has 0 aliphatic rings. The predicted molar refractivity (Wildman–Crippen MR) is 112 cm³/mol. The molecule has 6 aromatic rings. The molecule has 0 saturated carbocycles. The molecule has 11 heteroatoms. The molecule has 0 saturated heterocycles. The summed E-state index contributed by atoms with van der Waals surface area (Å²) in [6.45, 7) is 0. The van der Waals surface area contributed by atoms with E-state index < -0.39 is 5.82 Å². The van der Waals surface area contributed by atoms with Crippen molar-refractivity contribution in [1.29, 1.82) is 0 Å².